The lowest BCUT2D eigenvalue weighted by molar-refractivity contribution is 0.0339. The van der Waals surface area contributed by atoms with Crippen LogP contribution >= 0.6 is 15.9 Å². The van der Waals surface area contributed by atoms with E-state index in [0.717, 1.165) is 4.47 Å². The SMILES string of the molecule is CC(O)(CCN1C(=O)c2ccccc2C1=O)c1ccc(Oc2ccc(Br)cc2)cc1. The van der Waals surface area contributed by atoms with Crippen LogP contribution in [0.3, 0.4) is 0 Å². The molecule has 5 nitrogen and oxygen atoms in total. The molecule has 4 rings (SSSR count). The van der Waals surface area contributed by atoms with Crippen LogP contribution in [0.25, 0.3) is 0 Å². The van der Waals surface area contributed by atoms with Gasteiger partial charge in [0.1, 0.15) is 11.5 Å². The van der Waals surface area contributed by atoms with E-state index in [4.69, 9.17) is 4.74 Å². The van der Waals surface area contributed by atoms with Gasteiger partial charge in [-0.05, 0) is 67.4 Å². The first kappa shape index (κ1) is 20.3. The van der Waals surface area contributed by atoms with E-state index in [1.165, 1.54) is 4.90 Å². The van der Waals surface area contributed by atoms with Crippen LogP contribution in [0.4, 0.5) is 0 Å². The Kier molecular flexibility index (Phi) is 5.45. The van der Waals surface area contributed by atoms with E-state index < -0.39 is 5.60 Å². The van der Waals surface area contributed by atoms with Gasteiger partial charge in [0.15, 0.2) is 0 Å². The van der Waals surface area contributed by atoms with Gasteiger partial charge in [-0.15, -0.1) is 0 Å². The standard InChI is InChI=1S/C24H20BrNO4/c1-24(29,14-15-26-22(27)20-4-2-3-5-21(20)23(26)28)16-6-10-18(11-7-16)30-19-12-8-17(25)9-13-19/h2-13,29H,14-15H2,1H3. The Morgan fingerprint density at radius 2 is 1.37 bits per heavy atom. The van der Waals surface area contributed by atoms with E-state index in [9.17, 15) is 14.7 Å². The molecule has 0 saturated carbocycles. The first-order chi connectivity index (χ1) is 14.3. The molecule has 0 fully saturated rings. The number of imide groups is 1. The highest BCUT2D eigenvalue weighted by atomic mass is 79.9. The molecule has 2 amide bonds. The fraction of sp³-hybridized carbons (Fsp3) is 0.167. The Labute approximate surface area is 183 Å². The third-order valence-electron chi connectivity index (χ3n) is 5.23. The molecule has 30 heavy (non-hydrogen) atoms. The van der Waals surface area contributed by atoms with Gasteiger partial charge in [-0.2, -0.15) is 0 Å². The number of carbonyl (C=O) groups excluding carboxylic acids is 2. The lowest BCUT2D eigenvalue weighted by atomic mass is 9.92. The summed E-state index contributed by atoms with van der Waals surface area (Å²) < 4.78 is 6.78. The van der Waals surface area contributed by atoms with E-state index in [1.807, 2.05) is 24.3 Å². The predicted molar refractivity (Wildman–Crippen MR) is 117 cm³/mol. The minimum absolute atomic E-state index is 0.135. The van der Waals surface area contributed by atoms with Crippen molar-refractivity contribution in [2.75, 3.05) is 6.54 Å². The van der Waals surface area contributed by atoms with Crippen LogP contribution in [0.2, 0.25) is 0 Å². The molecule has 0 saturated heterocycles. The van der Waals surface area contributed by atoms with Crippen LogP contribution in [0.1, 0.15) is 39.6 Å². The molecule has 3 aromatic rings. The molecular formula is C24H20BrNO4. The van der Waals surface area contributed by atoms with Crippen molar-refractivity contribution in [1.29, 1.82) is 0 Å². The molecule has 0 aliphatic carbocycles. The number of hydrogen-bond acceptors (Lipinski definition) is 4. The Bertz CT molecular complexity index is 1060. The summed E-state index contributed by atoms with van der Waals surface area (Å²) in [4.78, 5) is 26.2. The maximum atomic E-state index is 12.5. The highest BCUT2D eigenvalue weighted by Crippen LogP contribution is 2.30. The normalized spacial score (nSPS) is 15.1. The molecule has 6 heteroatoms. The van der Waals surface area contributed by atoms with Gasteiger partial charge in [-0.1, -0.05) is 40.2 Å². The molecule has 1 aliphatic heterocycles. The largest absolute Gasteiger partial charge is 0.457 e. The quantitative estimate of drug-likeness (QED) is 0.512. The number of nitrogens with zero attached hydrogens (tertiary/aromatic N) is 1. The summed E-state index contributed by atoms with van der Waals surface area (Å²) in [5, 5.41) is 11.0. The van der Waals surface area contributed by atoms with Gasteiger partial charge in [0.05, 0.1) is 16.7 Å². The highest BCUT2D eigenvalue weighted by Gasteiger charge is 2.36. The molecule has 3 aromatic carbocycles. The number of halogens is 1. The van der Waals surface area contributed by atoms with Crippen LogP contribution in [0, 0.1) is 0 Å². The van der Waals surface area contributed by atoms with Crippen LogP contribution < -0.4 is 4.74 Å². The maximum Gasteiger partial charge on any atom is 0.261 e. The van der Waals surface area contributed by atoms with Gasteiger partial charge < -0.3 is 9.84 Å². The van der Waals surface area contributed by atoms with Gasteiger partial charge in [0.25, 0.3) is 11.8 Å². The van der Waals surface area contributed by atoms with Crippen molar-refractivity contribution >= 4 is 27.7 Å². The van der Waals surface area contributed by atoms with Crippen LogP contribution in [0.15, 0.2) is 77.3 Å². The average molecular weight is 466 g/mol. The maximum absolute atomic E-state index is 12.5. The molecule has 0 radical (unpaired) electrons. The Hall–Kier alpha value is -2.96. The zero-order valence-corrected chi connectivity index (χ0v) is 17.9. The van der Waals surface area contributed by atoms with Crippen molar-refractivity contribution in [3.05, 3.63) is 94.0 Å². The zero-order valence-electron chi connectivity index (χ0n) is 16.3. The number of hydrogen-bond donors (Lipinski definition) is 1. The number of rotatable bonds is 6. The van der Waals surface area contributed by atoms with E-state index >= 15 is 0 Å². The smallest absolute Gasteiger partial charge is 0.261 e. The topological polar surface area (TPSA) is 66.8 Å². The van der Waals surface area contributed by atoms with Gasteiger partial charge in [0, 0.05) is 11.0 Å². The number of carbonyl (C=O) groups is 2. The van der Waals surface area contributed by atoms with Crippen molar-refractivity contribution in [1.82, 2.24) is 4.90 Å². The van der Waals surface area contributed by atoms with E-state index in [0.29, 0.717) is 28.2 Å². The van der Waals surface area contributed by atoms with Gasteiger partial charge in [-0.25, -0.2) is 0 Å². The minimum Gasteiger partial charge on any atom is -0.457 e. The van der Waals surface area contributed by atoms with E-state index in [2.05, 4.69) is 15.9 Å². The number of fused-ring (bicyclic) bond motifs is 1. The van der Waals surface area contributed by atoms with Crippen molar-refractivity contribution < 1.29 is 19.4 Å². The molecular weight excluding hydrogens is 446 g/mol. The summed E-state index contributed by atoms with van der Waals surface area (Å²) in [5.41, 5.74) is 0.307. The molecule has 1 N–H and O–H groups in total. The summed E-state index contributed by atoms with van der Waals surface area (Å²) in [6.07, 6.45) is 0.228. The average Bonchev–Trinajstić information content (AvgIpc) is 2.99. The van der Waals surface area contributed by atoms with E-state index in [1.54, 1.807) is 55.5 Å². The fourth-order valence-electron chi connectivity index (χ4n) is 3.44. The summed E-state index contributed by atoms with van der Waals surface area (Å²) in [6.45, 7) is 1.81. The number of amides is 2. The molecule has 0 bridgehead atoms. The molecule has 1 unspecified atom stereocenters. The Morgan fingerprint density at radius 3 is 1.90 bits per heavy atom. The number of aliphatic hydroxyl groups is 1. The number of ether oxygens (including phenoxy) is 1. The second kappa shape index (κ2) is 8.05. The van der Waals surface area contributed by atoms with Crippen molar-refractivity contribution in [2.45, 2.75) is 18.9 Å². The monoisotopic (exact) mass is 465 g/mol. The summed E-state index contributed by atoms with van der Waals surface area (Å²) >= 11 is 3.39. The van der Waals surface area contributed by atoms with Crippen molar-refractivity contribution in [3.63, 3.8) is 0 Å². The number of benzene rings is 3. The fourth-order valence-corrected chi connectivity index (χ4v) is 3.70. The third kappa shape index (κ3) is 4.01. The molecule has 152 valence electrons. The highest BCUT2D eigenvalue weighted by molar-refractivity contribution is 9.10. The molecule has 1 atom stereocenters. The lowest BCUT2D eigenvalue weighted by Gasteiger charge is -2.26. The molecule has 1 heterocycles. The Morgan fingerprint density at radius 1 is 0.867 bits per heavy atom. The summed E-state index contributed by atoms with van der Waals surface area (Å²) in [5.74, 6) is 0.731. The van der Waals surface area contributed by atoms with Gasteiger partial charge in [0.2, 0.25) is 0 Å². The minimum atomic E-state index is -1.20. The lowest BCUT2D eigenvalue weighted by Crippen LogP contribution is -2.35. The second-order valence-corrected chi connectivity index (χ2v) is 8.33. The Balaban J connectivity index is 1.42. The van der Waals surface area contributed by atoms with Crippen molar-refractivity contribution in [3.8, 4) is 11.5 Å². The van der Waals surface area contributed by atoms with Crippen molar-refractivity contribution in [2.24, 2.45) is 0 Å². The third-order valence-corrected chi connectivity index (χ3v) is 5.75. The van der Waals surface area contributed by atoms with Crippen LogP contribution in [-0.2, 0) is 5.60 Å². The second-order valence-electron chi connectivity index (χ2n) is 7.41. The zero-order chi connectivity index (χ0) is 21.3. The summed E-state index contributed by atoms with van der Waals surface area (Å²) in [6, 6.07) is 21.4. The van der Waals surface area contributed by atoms with Crippen LogP contribution in [-0.4, -0.2) is 28.4 Å². The molecule has 0 aromatic heterocycles. The van der Waals surface area contributed by atoms with Gasteiger partial charge >= 0.3 is 0 Å². The first-order valence-corrected chi connectivity index (χ1v) is 10.4. The first-order valence-electron chi connectivity index (χ1n) is 9.57. The predicted octanol–water partition coefficient (Wildman–Crippen LogP) is 5.14. The summed E-state index contributed by atoms with van der Waals surface area (Å²) in [7, 11) is 0. The molecule has 1 aliphatic rings. The van der Waals surface area contributed by atoms with Crippen LogP contribution in [0.5, 0.6) is 11.5 Å². The van der Waals surface area contributed by atoms with E-state index in [-0.39, 0.29) is 24.8 Å². The molecule has 0 spiro atoms. The van der Waals surface area contributed by atoms with Gasteiger partial charge in [-0.3, -0.25) is 14.5 Å².